The molecule has 2 aliphatic heterocycles. The summed E-state index contributed by atoms with van der Waals surface area (Å²) < 4.78 is 30.0. The van der Waals surface area contributed by atoms with Gasteiger partial charge in [0.1, 0.15) is 0 Å². The lowest BCUT2D eigenvalue weighted by Gasteiger charge is -2.42. The third-order valence-corrected chi connectivity index (χ3v) is 7.59. The first kappa shape index (κ1) is 20.6. The predicted molar refractivity (Wildman–Crippen MR) is 116 cm³/mol. The number of hydrogen-bond donors (Lipinski definition) is 1. The van der Waals surface area contributed by atoms with Crippen LogP contribution in [-0.4, -0.2) is 36.3 Å². The highest BCUT2D eigenvalue weighted by Crippen LogP contribution is 2.39. The molecule has 0 radical (unpaired) electrons. The summed E-state index contributed by atoms with van der Waals surface area (Å²) in [4.78, 5) is 23.8. The molecule has 1 aromatic heterocycles. The number of piperidine rings is 1. The number of benzene rings is 1. The highest BCUT2D eigenvalue weighted by molar-refractivity contribution is 7.89. The van der Waals surface area contributed by atoms with E-state index in [0.29, 0.717) is 25.3 Å². The number of fused-ring (bicyclic) bond motifs is 4. The second kappa shape index (κ2) is 7.85. The van der Waals surface area contributed by atoms with Crippen molar-refractivity contribution in [2.45, 2.75) is 37.6 Å². The van der Waals surface area contributed by atoms with Crippen LogP contribution in [0.25, 0.3) is 6.08 Å². The van der Waals surface area contributed by atoms with Crippen molar-refractivity contribution in [1.29, 1.82) is 0 Å². The van der Waals surface area contributed by atoms with Gasteiger partial charge in [-0.2, -0.15) is 4.31 Å². The van der Waals surface area contributed by atoms with E-state index in [9.17, 15) is 18.0 Å². The molecule has 0 unspecified atom stereocenters. The van der Waals surface area contributed by atoms with Crippen LogP contribution in [0.15, 0.2) is 52.2 Å². The Labute approximate surface area is 176 Å². The van der Waals surface area contributed by atoms with Gasteiger partial charge in [0, 0.05) is 49.9 Å². The number of carbonyl (C=O) groups excluding carboxylic acids is 1. The van der Waals surface area contributed by atoms with Gasteiger partial charge < -0.3 is 9.88 Å². The van der Waals surface area contributed by atoms with E-state index in [-0.39, 0.29) is 28.2 Å². The minimum atomic E-state index is -3.67. The van der Waals surface area contributed by atoms with Gasteiger partial charge in [0.25, 0.3) is 5.56 Å². The Balaban J connectivity index is 1.66. The molecule has 1 aromatic carbocycles. The molecule has 8 heteroatoms. The number of amides is 1. The molecule has 30 heavy (non-hydrogen) atoms. The molecule has 3 heterocycles. The largest absolute Gasteiger partial charge is 0.326 e. The van der Waals surface area contributed by atoms with Gasteiger partial charge in [-0.05, 0) is 55.2 Å². The summed E-state index contributed by atoms with van der Waals surface area (Å²) in [5, 5.41) is 2.64. The predicted octanol–water partition coefficient (Wildman–Crippen LogP) is 2.65. The van der Waals surface area contributed by atoms with E-state index >= 15 is 0 Å². The van der Waals surface area contributed by atoms with Gasteiger partial charge >= 0.3 is 0 Å². The molecule has 2 aliphatic rings. The summed E-state index contributed by atoms with van der Waals surface area (Å²) in [5.41, 5.74) is 2.43. The van der Waals surface area contributed by atoms with Crippen molar-refractivity contribution < 1.29 is 13.2 Å². The quantitative estimate of drug-likeness (QED) is 0.813. The molecule has 2 bridgehead atoms. The summed E-state index contributed by atoms with van der Waals surface area (Å²) >= 11 is 0. The number of allylic oxidation sites excluding steroid dienone is 1. The number of hydrogen-bond acceptors (Lipinski definition) is 4. The van der Waals surface area contributed by atoms with Crippen molar-refractivity contribution in [3.05, 3.63) is 64.1 Å². The summed E-state index contributed by atoms with van der Waals surface area (Å²) in [5.74, 6) is -0.130. The second-order valence-corrected chi connectivity index (χ2v) is 9.89. The van der Waals surface area contributed by atoms with Crippen LogP contribution in [0.1, 0.15) is 37.4 Å². The van der Waals surface area contributed by atoms with Crippen molar-refractivity contribution in [3.8, 4) is 0 Å². The molecule has 1 amide bonds. The van der Waals surface area contributed by atoms with Crippen molar-refractivity contribution in [1.82, 2.24) is 8.87 Å². The van der Waals surface area contributed by atoms with E-state index in [0.717, 1.165) is 17.7 Å². The fraction of sp³-hybridized carbons (Fsp3) is 0.364. The Morgan fingerprint density at radius 1 is 1.10 bits per heavy atom. The lowest BCUT2D eigenvalue weighted by Crippen LogP contribution is -2.49. The standard InChI is InChI=1S/C22H25N3O4S/c1-3-4-17-5-10-21(27)25-13-16-11-18(22(17)25)14-24(12-16)30(28,29)20-8-6-19(7-9-20)23-15(2)26/h3-10,16,18H,11-14H2,1-2H3,(H,23,26)/b4-3+/t16-,18+/m0/s1. The zero-order valence-electron chi connectivity index (χ0n) is 17.0. The number of nitrogens with one attached hydrogen (secondary N) is 1. The second-order valence-electron chi connectivity index (χ2n) is 7.95. The first-order valence-corrected chi connectivity index (χ1v) is 11.5. The maximum Gasteiger partial charge on any atom is 0.250 e. The molecule has 1 N–H and O–H groups in total. The van der Waals surface area contributed by atoms with Crippen LogP contribution >= 0.6 is 0 Å². The van der Waals surface area contributed by atoms with Gasteiger partial charge in [-0.3, -0.25) is 9.59 Å². The van der Waals surface area contributed by atoms with Crippen molar-refractivity contribution in [3.63, 3.8) is 0 Å². The first-order chi connectivity index (χ1) is 14.3. The lowest BCUT2D eigenvalue weighted by molar-refractivity contribution is -0.114. The average Bonchev–Trinajstić information content (AvgIpc) is 2.70. The van der Waals surface area contributed by atoms with E-state index in [1.807, 2.05) is 29.7 Å². The van der Waals surface area contributed by atoms with Crippen LogP contribution in [0.4, 0.5) is 5.69 Å². The number of anilines is 1. The fourth-order valence-electron chi connectivity index (χ4n) is 4.58. The molecule has 0 spiro atoms. The molecule has 158 valence electrons. The zero-order chi connectivity index (χ0) is 21.5. The summed E-state index contributed by atoms with van der Waals surface area (Å²) in [6.07, 6.45) is 4.78. The third-order valence-electron chi connectivity index (χ3n) is 5.75. The van der Waals surface area contributed by atoms with Gasteiger partial charge in [-0.1, -0.05) is 12.2 Å². The molecular formula is C22H25N3O4S. The number of aromatic nitrogens is 1. The number of carbonyl (C=O) groups is 1. The van der Waals surface area contributed by atoms with Gasteiger partial charge in [0.15, 0.2) is 0 Å². The molecule has 4 rings (SSSR count). The van der Waals surface area contributed by atoms with Gasteiger partial charge in [0.05, 0.1) is 4.90 Å². The van der Waals surface area contributed by atoms with Gasteiger partial charge in [-0.15, -0.1) is 0 Å². The molecule has 0 saturated carbocycles. The average molecular weight is 428 g/mol. The van der Waals surface area contributed by atoms with Crippen LogP contribution in [0.3, 0.4) is 0 Å². The summed E-state index contributed by atoms with van der Waals surface area (Å²) in [7, 11) is -3.67. The Hall–Kier alpha value is -2.71. The maximum atomic E-state index is 13.3. The zero-order valence-corrected chi connectivity index (χ0v) is 17.9. The number of pyridine rings is 1. The van der Waals surface area contributed by atoms with Crippen LogP contribution in [-0.2, 0) is 21.4 Å². The van der Waals surface area contributed by atoms with Crippen molar-refractivity contribution in [2.24, 2.45) is 5.92 Å². The molecule has 0 aliphatic carbocycles. The molecule has 7 nitrogen and oxygen atoms in total. The van der Waals surface area contributed by atoms with Gasteiger partial charge in [-0.25, -0.2) is 8.42 Å². The van der Waals surface area contributed by atoms with E-state index < -0.39 is 10.0 Å². The number of sulfonamides is 1. The molecule has 1 saturated heterocycles. The van der Waals surface area contributed by atoms with E-state index in [4.69, 9.17) is 0 Å². The monoisotopic (exact) mass is 427 g/mol. The van der Waals surface area contributed by atoms with Crippen LogP contribution < -0.4 is 10.9 Å². The third kappa shape index (κ3) is 3.73. The van der Waals surface area contributed by atoms with Crippen molar-refractivity contribution in [2.75, 3.05) is 18.4 Å². The Bertz CT molecular complexity index is 1170. The highest BCUT2D eigenvalue weighted by atomic mass is 32.2. The lowest BCUT2D eigenvalue weighted by atomic mass is 9.82. The SMILES string of the molecule is C/C=C/c1ccc(=O)n2c1[C@@H]1C[C@@H](CN(S(=O)(=O)c3ccc(NC(C)=O)cc3)C1)C2. The van der Waals surface area contributed by atoms with E-state index in [1.165, 1.54) is 19.1 Å². The highest BCUT2D eigenvalue weighted by Gasteiger charge is 2.40. The van der Waals surface area contributed by atoms with E-state index in [2.05, 4.69) is 5.32 Å². The van der Waals surface area contributed by atoms with Crippen LogP contribution in [0, 0.1) is 5.92 Å². The molecule has 1 fully saturated rings. The maximum absolute atomic E-state index is 13.3. The molecule has 2 aromatic rings. The van der Waals surface area contributed by atoms with Gasteiger partial charge in [0.2, 0.25) is 15.9 Å². The smallest absolute Gasteiger partial charge is 0.250 e. The topological polar surface area (TPSA) is 88.5 Å². The normalized spacial score (nSPS) is 21.4. The minimum Gasteiger partial charge on any atom is -0.326 e. The number of rotatable bonds is 4. The van der Waals surface area contributed by atoms with Crippen LogP contribution in [0.5, 0.6) is 0 Å². The Kier molecular flexibility index (Phi) is 5.38. The number of nitrogens with zero attached hydrogens (tertiary/aromatic N) is 2. The summed E-state index contributed by atoms with van der Waals surface area (Å²) in [6.45, 7) is 4.61. The minimum absolute atomic E-state index is 0.0222. The van der Waals surface area contributed by atoms with E-state index in [1.54, 1.807) is 22.5 Å². The van der Waals surface area contributed by atoms with Crippen LogP contribution in [0.2, 0.25) is 0 Å². The fourth-order valence-corrected chi connectivity index (χ4v) is 6.14. The Morgan fingerprint density at radius 2 is 1.83 bits per heavy atom. The molecular weight excluding hydrogens is 402 g/mol. The van der Waals surface area contributed by atoms with Crippen molar-refractivity contribution >= 4 is 27.7 Å². The Morgan fingerprint density at radius 3 is 2.50 bits per heavy atom. The first-order valence-electron chi connectivity index (χ1n) is 10.0. The molecule has 2 atom stereocenters. The summed E-state index contributed by atoms with van der Waals surface area (Å²) in [6, 6.07) is 9.65.